The normalized spacial score (nSPS) is 11.7. The van der Waals surface area contributed by atoms with Crippen LogP contribution in [-0.4, -0.2) is 37.8 Å². The first-order valence-corrected chi connectivity index (χ1v) is 9.89. The zero-order valence-electron chi connectivity index (χ0n) is 16.5. The van der Waals surface area contributed by atoms with E-state index in [4.69, 9.17) is 31.3 Å². The van der Waals surface area contributed by atoms with E-state index in [0.29, 0.717) is 46.2 Å². The number of methoxy groups -OCH3 is 1. The average Bonchev–Trinajstić information content (AvgIpc) is 3.04. The number of ether oxygens (including phenoxy) is 1. The highest BCUT2D eigenvalue weighted by Gasteiger charge is 2.22. The van der Waals surface area contributed by atoms with Crippen LogP contribution in [-0.2, 0) is 11.3 Å². The Morgan fingerprint density at radius 1 is 1.00 bits per heavy atom. The van der Waals surface area contributed by atoms with Crippen LogP contribution in [0.1, 0.15) is 5.82 Å². The summed E-state index contributed by atoms with van der Waals surface area (Å²) in [5, 5.41) is 1.02. The highest BCUT2D eigenvalue weighted by atomic mass is 35.5. The zero-order valence-corrected chi connectivity index (χ0v) is 17.2. The molecule has 0 fully saturated rings. The van der Waals surface area contributed by atoms with Gasteiger partial charge in [0.1, 0.15) is 16.7 Å². The molecule has 0 unspecified atom stereocenters. The molecule has 3 heterocycles. The molecule has 8 heteroatoms. The lowest BCUT2D eigenvalue weighted by Gasteiger charge is -2.10. The number of benzene rings is 2. The number of fused-ring (bicyclic) bond motifs is 4. The van der Waals surface area contributed by atoms with E-state index in [1.54, 1.807) is 17.7 Å². The topological polar surface area (TPSA) is 74.8 Å². The Hall–Kier alpha value is -3.29. The molecule has 0 aliphatic rings. The molecule has 0 aliphatic carbocycles. The van der Waals surface area contributed by atoms with Gasteiger partial charge in [-0.2, -0.15) is 0 Å². The number of hydrogen-bond acceptors (Lipinski definition) is 5. The molecule has 30 heavy (non-hydrogen) atoms. The number of aryl methyl sites for hydroxylation is 1. The van der Waals surface area contributed by atoms with E-state index < -0.39 is 0 Å². The van der Waals surface area contributed by atoms with Crippen molar-refractivity contribution in [3.63, 3.8) is 0 Å². The van der Waals surface area contributed by atoms with Crippen molar-refractivity contribution >= 4 is 44.8 Å². The number of halogens is 1. The summed E-state index contributed by atoms with van der Waals surface area (Å²) in [5.41, 5.74) is 3.68. The lowest BCUT2D eigenvalue weighted by Crippen LogP contribution is -2.25. The van der Waals surface area contributed by atoms with Crippen molar-refractivity contribution in [1.29, 1.82) is 0 Å². The van der Waals surface area contributed by atoms with E-state index in [1.165, 1.54) is 0 Å². The fourth-order valence-corrected chi connectivity index (χ4v) is 3.92. The molecule has 150 valence electrons. The Labute approximate surface area is 176 Å². The first-order chi connectivity index (χ1) is 14.6. The van der Waals surface area contributed by atoms with Crippen LogP contribution in [0.2, 0.25) is 5.02 Å². The van der Waals surface area contributed by atoms with Gasteiger partial charge in [-0.25, -0.2) is 15.0 Å². The van der Waals surface area contributed by atoms with Crippen LogP contribution < -0.4 is 5.56 Å². The first-order valence-electron chi connectivity index (χ1n) is 9.51. The maximum Gasteiger partial charge on any atom is 0.265 e. The molecule has 0 atom stereocenters. The summed E-state index contributed by atoms with van der Waals surface area (Å²) in [6.07, 6.45) is 0. The maximum absolute atomic E-state index is 13.5. The summed E-state index contributed by atoms with van der Waals surface area (Å²) in [6.45, 7) is 2.64. The third kappa shape index (κ3) is 2.86. The number of nitrogens with zero attached hydrogens (tertiary/aromatic N) is 5. The lowest BCUT2D eigenvalue weighted by molar-refractivity contribution is 0.185. The molecule has 0 bridgehead atoms. The molecule has 7 nitrogen and oxygen atoms in total. The van der Waals surface area contributed by atoms with Crippen molar-refractivity contribution in [3.8, 4) is 5.69 Å². The minimum absolute atomic E-state index is 0.162. The Balaban J connectivity index is 1.98. The van der Waals surface area contributed by atoms with Gasteiger partial charge in [0.05, 0.1) is 29.9 Å². The number of hydrogen-bond donors (Lipinski definition) is 0. The molecule has 3 aromatic heterocycles. The van der Waals surface area contributed by atoms with Crippen LogP contribution in [0.25, 0.3) is 38.9 Å². The van der Waals surface area contributed by atoms with Gasteiger partial charge in [0.2, 0.25) is 0 Å². The molecular weight excluding hydrogens is 402 g/mol. The van der Waals surface area contributed by atoms with Crippen LogP contribution >= 0.6 is 11.6 Å². The van der Waals surface area contributed by atoms with E-state index in [1.807, 2.05) is 54.0 Å². The van der Waals surface area contributed by atoms with Crippen molar-refractivity contribution < 1.29 is 4.74 Å². The highest BCUT2D eigenvalue weighted by molar-refractivity contribution is 6.30. The Morgan fingerprint density at radius 3 is 2.50 bits per heavy atom. The van der Waals surface area contributed by atoms with Crippen molar-refractivity contribution in [2.45, 2.75) is 13.5 Å². The molecule has 5 aromatic rings. The minimum Gasteiger partial charge on any atom is -0.383 e. The molecule has 0 N–H and O–H groups in total. The van der Waals surface area contributed by atoms with Crippen LogP contribution in [0, 0.1) is 6.92 Å². The second-order valence-corrected chi connectivity index (χ2v) is 7.44. The third-order valence-corrected chi connectivity index (χ3v) is 5.37. The highest BCUT2D eigenvalue weighted by Crippen LogP contribution is 2.29. The van der Waals surface area contributed by atoms with Crippen molar-refractivity contribution in [1.82, 2.24) is 24.1 Å². The molecule has 0 amide bonds. The summed E-state index contributed by atoms with van der Waals surface area (Å²) in [6, 6.07) is 15.0. The second-order valence-electron chi connectivity index (χ2n) is 7.01. The van der Waals surface area contributed by atoms with Crippen molar-refractivity contribution in [2.75, 3.05) is 13.7 Å². The van der Waals surface area contributed by atoms with E-state index in [9.17, 15) is 4.79 Å². The fourth-order valence-electron chi connectivity index (χ4n) is 3.74. The number of rotatable bonds is 4. The fraction of sp³-hybridized carbons (Fsp3) is 0.182. The zero-order chi connectivity index (χ0) is 20.8. The monoisotopic (exact) mass is 419 g/mol. The molecule has 0 radical (unpaired) electrons. The molecule has 0 spiro atoms. The van der Waals surface area contributed by atoms with Gasteiger partial charge < -0.3 is 4.74 Å². The average molecular weight is 420 g/mol. The second kappa shape index (κ2) is 7.19. The number of aromatic nitrogens is 5. The van der Waals surface area contributed by atoms with Gasteiger partial charge >= 0.3 is 0 Å². The van der Waals surface area contributed by atoms with Crippen molar-refractivity contribution in [3.05, 3.63) is 69.7 Å². The quantitative estimate of drug-likeness (QED) is 0.441. The van der Waals surface area contributed by atoms with Gasteiger partial charge in [0.15, 0.2) is 11.3 Å². The Morgan fingerprint density at radius 2 is 1.77 bits per heavy atom. The summed E-state index contributed by atoms with van der Waals surface area (Å²) < 4.78 is 8.63. The van der Waals surface area contributed by atoms with Gasteiger partial charge in [-0.05, 0) is 37.3 Å². The predicted octanol–water partition coefficient (Wildman–Crippen LogP) is 3.89. The largest absolute Gasteiger partial charge is 0.383 e. The van der Waals surface area contributed by atoms with Crippen LogP contribution in [0.15, 0.2) is 53.3 Å². The summed E-state index contributed by atoms with van der Waals surface area (Å²) in [7, 11) is 1.61. The summed E-state index contributed by atoms with van der Waals surface area (Å²) in [4.78, 5) is 27.9. The lowest BCUT2D eigenvalue weighted by atomic mass is 10.3. The molecular formula is C22H18ClN5O2. The smallest absolute Gasteiger partial charge is 0.265 e. The van der Waals surface area contributed by atoms with Crippen LogP contribution in [0.5, 0.6) is 0 Å². The summed E-state index contributed by atoms with van der Waals surface area (Å²) >= 11 is 6.25. The van der Waals surface area contributed by atoms with Gasteiger partial charge in [-0.3, -0.25) is 13.9 Å². The Kier molecular flexibility index (Phi) is 4.49. The number of para-hydroxylation sites is 2. The molecule has 5 rings (SSSR count). The van der Waals surface area contributed by atoms with Crippen molar-refractivity contribution in [2.24, 2.45) is 0 Å². The third-order valence-electron chi connectivity index (χ3n) is 5.14. The van der Waals surface area contributed by atoms with E-state index in [2.05, 4.69) is 0 Å². The van der Waals surface area contributed by atoms with Gasteiger partial charge in [0.25, 0.3) is 5.56 Å². The van der Waals surface area contributed by atoms with E-state index in [0.717, 1.165) is 16.7 Å². The molecule has 0 saturated carbocycles. The standard InChI is InChI=1S/C22H18ClN5O2/c1-13-24-20-18(22(29)27(13)10-11-30-2)19-21(26-17-9-4-3-8-16(17)25-19)28(20)15-7-5-6-14(23)12-15/h3-9,12H,10-11H2,1-2H3. The van der Waals surface area contributed by atoms with Gasteiger partial charge in [0, 0.05) is 12.1 Å². The maximum atomic E-state index is 13.5. The Bertz CT molecular complexity index is 1490. The van der Waals surface area contributed by atoms with E-state index >= 15 is 0 Å². The first kappa shape index (κ1) is 18.7. The molecule has 0 saturated heterocycles. The van der Waals surface area contributed by atoms with Gasteiger partial charge in [-0.15, -0.1) is 0 Å². The SMILES string of the molecule is COCCn1c(C)nc2c(c1=O)c1nc3ccccc3nc1n2-c1cccc(Cl)c1. The van der Waals surface area contributed by atoms with E-state index in [-0.39, 0.29) is 5.56 Å². The molecule has 2 aromatic carbocycles. The minimum atomic E-state index is -0.162. The summed E-state index contributed by atoms with van der Waals surface area (Å²) in [5.74, 6) is 0.597. The van der Waals surface area contributed by atoms with Gasteiger partial charge in [-0.1, -0.05) is 29.8 Å². The van der Waals surface area contributed by atoms with Crippen LogP contribution in [0.4, 0.5) is 0 Å². The van der Waals surface area contributed by atoms with Crippen LogP contribution in [0.3, 0.4) is 0 Å². The predicted molar refractivity (Wildman–Crippen MR) is 118 cm³/mol. The molecule has 0 aliphatic heterocycles.